The third kappa shape index (κ3) is 2.97. The van der Waals surface area contributed by atoms with Crippen molar-refractivity contribution in [3.8, 4) is 0 Å². The first kappa shape index (κ1) is 12.1. The first-order chi connectivity index (χ1) is 6.91. The first-order valence-corrected chi connectivity index (χ1v) is 5.64. The number of nitrogens with one attached hydrogen (secondary N) is 1. The summed E-state index contributed by atoms with van der Waals surface area (Å²) < 4.78 is 38.4. The van der Waals surface area contributed by atoms with Gasteiger partial charge in [0.1, 0.15) is 22.6 Å². The van der Waals surface area contributed by atoms with Crippen LogP contribution in [0.2, 0.25) is 5.02 Å². The number of benzene rings is 1. The molecule has 1 amide bonds. The molecule has 15 heavy (non-hydrogen) atoms. The van der Waals surface area contributed by atoms with Crippen LogP contribution in [0.3, 0.4) is 0 Å². The number of carbonyl (C=O) groups excluding carboxylic acids is 1. The molecule has 1 atom stereocenters. The molecular formula is C8H6ClF2NO2S. The normalized spacial score (nSPS) is 12.3. The van der Waals surface area contributed by atoms with Gasteiger partial charge in [0.2, 0.25) is 0 Å². The van der Waals surface area contributed by atoms with Gasteiger partial charge in [-0.05, 0) is 6.07 Å². The average molecular weight is 254 g/mol. The minimum Gasteiger partial charge on any atom is -0.271 e. The summed E-state index contributed by atoms with van der Waals surface area (Å²) in [6.07, 6.45) is 1.21. The van der Waals surface area contributed by atoms with E-state index in [-0.39, 0.29) is 5.02 Å². The van der Waals surface area contributed by atoms with E-state index in [0.717, 1.165) is 6.07 Å². The lowest BCUT2D eigenvalue weighted by Gasteiger charge is -2.04. The lowest BCUT2D eigenvalue weighted by Crippen LogP contribution is -2.25. The molecule has 0 aliphatic carbocycles. The van der Waals surface area contributed by atoms with E-state index in [2.05, 4.69) is 0 Å². The maximum atomic E-state index is 13.1. The van der Waals surface area contributed by atoms with Gasteiger partial charge in [-0.3, -0.25) is 9.52 Å². The fourth-order valence-electron chi connectivity index (χ4n) is 0.882. The fourth-order valence-corrected chi connectivity index (χ4v) is 1.42. The van der Waals surface area contributed by atoms with Crippen LogP contribution in [0.4, 0.5) is 8.78 Å². The van der Waals surface area contributed by atoms with Gasteiger partial charge in [-0.2, -0.15) is 0 Å². The summed E-state index contributed by atoms with van der Waals surface area (Å²) in [7, 11) is -1.62. The molecule has 0 bridgehead atoms. The van der Waals surface area contributed by atoms with Crippen LogP contribution >= 0.6 is 11.6 Å². The van der Waals surface area contributed by atoms with E-state index in [4.69, 9.17) is 11.6 Å². The highest BCUT2D eigenvalue weighted by Crippen LogP contribution is 2.19. The second kappa shape index (κ2) is 4.67. The van der Waals surface area contributed by atoms with Crippen molar-refractivity contribution in [1.29, 1.82) is 0 Å². The van der Waals surface area contributed by atoms with Gasteiger partial charge in [0.15, 0.2) is 0 Å². The number of amides is 1. The van der Waals surface area contributed by atoms with Gasteiger partial charge in [0.05, 0.1) is 10.6 Å². The van der Waals surface area contributed by atoms with Gasteiger partial charge < -0.3 is 0 Å². The molecule has 7 heteroatoms. The third-order valence-corrected chi connectivity index (χ3v) is 2.25. The van der Waals surface area contributed by atoms with Crippen molar-refractivity contribution >= 4 is 28.5 Å². The van der Waals surface area contributed by atoms with Crippen molar-refractivity contribution in [2.24, 2.45) is 0 Å². The molecule has 0 aliphatic rings. The SMILES string of the molecule is CS(=O)NC(=O)c1cc(Cl)c(F)cc1F. The van der Waals surface area contributed by atoms with E-state index in [1.54, 1.807) is 0 Å². The molecule has 0 spiro atoms. The van der Waals surface area contributed by atoms with Crippen molar-refractivity contribution in [1.82, 2.24) is 4.72 Å². The Balaban J connectivity index is 3.09. The van der Waals surface area contributed by atoms with Crippen LogP contribution in [-0.2, 0) is 11.0 Å². The molecule has 1 aromatic rings. The van der Waals surface area contributed by atoms with Gasteiger partial charge in [-0.25, -0.2) is 13.0 Å². The summed E-state index contributed by atoms with van der Waals surface area (Å²) in [5.41, 5.74) is -0.448. The summed E-state index contributed by atoms with van der Waals surface area (Å²) >= 11 is 5.37. The predicted molar refractivity (Wildman–Crippen MR) is 52.9 cm³/mol. The number of rotatable bonds is 2. The first-order valence-electron chi connectivity index (χ1n) is 3.70. The standard InChI is InChI=1S/C8H6ClF2NO2S/c1-15(14)12-8(13)4-2-5(9)7(11)3-6(4)10/h2-3H,1H3,(H,12,13). The molecule has 0 saturated carbocycles. The zero-order valence-electron chi connectivity index (χ0n) is 7.51. The minimum atomic E-state index is -1.62. The second-order valence-electron chi connectivity index (χ2n) is 2.63. The number of hydrogen-bond acceptors (Lipinski definition) is 2. The van der Waals surface area contributed by atoms with Gasteiger partial charge in [-0.15, -0.1) is 0 Å². The van der Waals surface area contributed by atoms with E-state index >= 15 is 0 Å². The van der Waals surface area contributed by atoms with Crippen molar-refractivity contribution in [3.05, 3.63) is 34.4 Å². The topological polar surface area (TPSA) is 46.2 Å². The molecule has 1 unspecified atom stereocenters. The summed E-state index contributed by atoms with van der Waals surface area (Å²) in [5, 5.41) is -0.372. The van der Waals surface area contributed by atoms with E-state index in [0.29, 0.717) is 6.07 Å². The van der Waals surface area contributed by atoms with Gasteiger partial charge >= 0.3 is 0 Å². The highest BCUT2D eigenvalue weighted by atomic mass is 35.5. The second-order valence-corrected chi connectivity index (χ2v) is 4.15. The zero-order valence-corrected chi connectivity index (χ0v) is 9.09. The lowest BCUT2D eigenvalue weighted by atomic mass is 10.2. The van der Waals surface area contributed by atoms with Gasteiger partial charge in [0, 0.05) is 12.3 Å². The molecule has 1 rings (SSSR count). The van der Waals surface area contributed by atoms with Crippen LogP contribution in [-0.4, -0.2) is 16.4 Å². The summed E-state index contributed by atoms with van der Waals surface area (Å²) in [6.45, 7) is 0. The summed E-state index contributed by atoms with van der Waals surface area (Å²) in [5.74, 6) is -2.92. The maximum Gasteiger partial charge on any atom is 0.265 e. The molecule has 0 heterocycles. The van der Waals surface area contributed by atoms with Crippen LogP contribution in [0.5, 0.6) is 0 Å². The molecule has 3 nitrogen and oxygen atoms in total. The molecule has 82 valence electrons. The van der Waals surface area contributed by atoms with Gasteiger partial charge in [-0.1, -0.05) is 11.6 Å². The van der Waals surface area contributed by atoms with Crippen molar-refractivity contribution in [2.45, 2.75) is 0 Å². The molecular weight excluding hydrogens is 248 g/mol. The maximum absolute atomic E-state index is 13.1. The Morgan fingerprint density at radius 2 is 2.00 bits per heavy atom. The molecule has 0 radical (unpaired) electrons. The molecule has 0 fully saturated rings. The molecule has 1 aromatic carbocycles. The average Bonchev–Trinajstić information content (AvgIpc) is 2.09. The van der Waals surface area contributed by atoms with E-state index < -0.39 is 34.1 Å². The van der Waals surface area contributed by atoms with E-state index in [1.807, 2.05) is 4.72 Å². The highest BCUT2D eigenvalue weighted by Gasteiger charge is 2.15. The lowest BCUT2D eigenvalue weighted by molar-refractivity contribution is 0.0979. The Bertz CT molecular complexity index is 439. The zero-order chi connectivity index (χ0) is 11.6. The van der Waals surface area contributed by atoms with Crippen LogP contribution in [0.25, 0.3) is 0 Å². The number of hydrogen-bond donors (Lipinski definition) is 1. The summed E-state index contributed by atoms with van der Waals surface area (Å²) in [6, 6.07) is 1.34. The summed E-state index contributed by atoms with van der Waals surface area (Å²) in [4.78, 5) is 11.2. The Hall–Kier alpha value is -1.01. The fraction of sp³-hybridized carbons (Fsp3) is 0.125. The largest absolute Gasteiger partial charge is 0.271 e. The quantitative estimate of drug-likeness (QED) is 0.815. The smallest absolute Gasteiger partial charge is 0.265 e. The monoisotopic (exact) mass is 253 g/mol. The minimum absolute atomic E-state index is 0.372. The number of halogens is 3. The van der Waals surface area contributed by atoms with Crippen LogP contribution in [0, 0.1) is 11.6 Å². The molecule has 0 saturated heterocycles. The van der Waals surface area contributed by atoms with Crippen LogP contribution in [0.15, 0.2) is 12.1 Å². The van der Waals surface area contributed by atoms with E-state index in [9.17, 15) is 17.8 Å². The molecule has 0 aromatic heterocycles. The number of carbonyl (C=O) groups is 1. The van der Waals surface area contributed by atoms with E-state index in [1.165, 1.54) is 6.26 Å². The van der Waals surface area contributed by atoms with Crippen molar-refractivity contribution in [2.75, 3.05) is 6.26 Å². The Morgan fingerprint density at radius 3 is 2.53 bits per heavy atom. The molecule has 0 aliphatic heterocycles. The Labute approximate surface area is 92.0 Å². The third-order valence-electron chi connectivity index (χ3n) is 1.49. The molecule has 1 N–H and O–H groups in total. The van der Waals surface area contributed by atoms with Crippen molar-refractivity contribution < 1.29 is 17.8 Å². The highest BCUT2D eigenvalue weighted by molar-refractivity contribution is 7.82. The van der Waals surface area contributed by atoms with Crippen molar-refractivity contribution in [3.63, 3.8) is 0 Å². The van der Waals surface area contributed by atoms with Crippen LogP contribution in [0.1, 0.15) is 10.4 Å². The Morgan fingerprint density at radius 1 is 1.40 bits per heavy atom. The Kier molecular flexibility index (Phi) is 3.76. The predicted octanol–water partition coefficient (Wildman–Crippen LogP) is 1.64. The van der Waals surface area contributed by atoms with Crippen LogP contribution < -0.4 is 4.72 Å². The van der Waals surface area contributed by atoms with Gasteiger partial charge in [0.25, 0.3) is 5.91 Å².